The zero-order valence-electron chi connectivity index (χ0n) is 8.72. The summed E-state index contributed by atoms with van der Waals surface area (Å²) in [5, 5.41) is 4.53. The molecule has 0 aliphatic heterocycles. The first-order valence-electron chi connectivity index (χ1n) is 4.81. The number of nitrogens with zero attached hydrogens (tertiary/aromatic N) is 3. The van der Waals surface area contributed by atoms with Gasteiger partial charge in [-0.25, -0.2) is 9.67 Å². The Morgan fingerprint density at radius 1 is 1.31 bits per heavy atom. The van der Waals surface area contributed by atoms with Gasteiger partial charge in [0, 0.05) is 6.07 Å². The van der Waals surface area contributed by atoms with Crippen molar-refractivity contribution in [3.05, 3.63) is 57.2 Å². The molecule has 0 aliphatic carbocycles. The van der Waals surface area contributed by atoms with Gasteiger partial charge in [0.2, 0.25) is 0 Å². The summed E-state index contributed by atoms with van der Waals surface area (Å²) >= 11 is 5.76. The van der Waals surface area contributed by atoms with Crippen LogP contribution in [-0.2, 0) is 6.54 Å². The van der Waals surface area contributed by atoms with Gasteiger partial charge in [-0.15, -0.1) is 0 Å². The van der Waals surface area contributed by atoms with Crippen molar-refractivity contribution in [2.24, 2.45) is 0 Å². The van der Waals surface area contributed by atoms with Crippen molar-refractivity contribution in [2.75, 3.05) is 0 Å². The van der Waals surface area contributed by atoms with Crippen molar-refractivity contribution < 1.29 is 0 Å². The van der Waals surface area contributed by atoms with E-state index in [4.69, 9.17) is 11.6 Å². The monoisotopic (exact) mass is 235 g/mol. The van der Waals surface area contributed by atoms with Crippen molar-refractivity contribution in [2.45, 2.75) is 13.5 Å². The SMILES string of the molecule is Cc1ccc(=O)n(Cc2cccc(Cl)n2)n1. The molecule has 0 saturated carbocycles. The summed E-state index contributed by atoms with van der Waals surface area (Å²) in [5.41, 5.74) is 1.36. The second-order valence-corrected chi connectivity index (χ2v) is 3.81. The van der Waals surface area contributed by atoms with Crippen molar-refractivity contribution in [1.82, 2.24) is 14.8 Å². The molecule has 0 aromatic carbocycles. The predicted molar refractivity (Wildman–Crippen MR) is 61.6 cm³/mol. The largest absolute Gasteiger partial charge is 0.268 e. The van der Waals surface area contributed by atoms with Gasteiger partial charge in [0.05, 0.1) is 17.9 Å². The second-order valence-electron chi connectivity index (χ2n) is 3.42. The number of pyridine rings is 1. The third-order valence-corrected chi connectivity index (χ3v) is 2.30. The van der Waals surface area contributed by atoms with Gasteiger partial charge in [0.25, 0.3) is 5.56 Å². The fourth-order valence-corrected chi connectivity index (χ4v) is 1.54. The maximum atomic E-state index is 11.5. The highest BCUT2D eigenvalue weighted by molar-refractivity contribution is 6.29. The zero-order valence-corrected chi connectivity index (χ0v) is 9.48. The summed E-state index contributed by atoms with van der Waals surface area (Å²) in [6, 6.07) is 8.47. The van der Waals surface area contributed by atoms with E-state index in [9.17, 15) is 4.79 Å². The molecule has 0 bridgehead atoms. The lowest BCUT2D eigenvalue weighted by Crippen LogP contribution is -2.23. The highest BCUT2D eigenvalue weighted by atomic mass is 35.5. The second kappa shape index (κ2) is 4.45. The van der Waals surface area contributed by atoms with E-state index in [1.54, 1.807) is 18.2 Å². The summed E-state index contributed by atoms with van der Waals surface area (Å²) in [7, 11) is 0. The molecule has 4 nitrogen and oxygen atoms in total. The van der Waals surface area contributed by atoms with Crippen molar-refractivity contribution in [3.63, 3.8) is 0 Å². The standard InChI is InChI=1S/C11H10ClN3O/c1-8-5-6-11(16)15(14-8)7-9-3-2-4-10(12)13-9/h2-6H,7H2,1H3. The average molecular weight is 236 g/mol. The van der Waals surface area contributed by atoms with Crippen LogP contribution in [0.25, 0.3) is 0 Å². The molecule has 0 amide bonds. The van der Waals surface area contributed by atoms with Gasteiger partial charge in [-0.05, 0) is 25.1 Å². The first-order chi connectivity index (χ1) is 7.65. The predicted octanol–water partition coefficient (Wildman–Crippen LogP) is 1.65. The smallest absolute Gasteiger partial charge is 0.267 e. The summed E-state index contributed by atoms with van der Waals surface area (Å²) in [6.45, 7) is 2.17. The number of hydrogen-bond donors (Lipinski definition) is 0. The molecule has 2 aromatic heterocycles. The molecule has 2 aromatic rings. The minimum Gasteiger partial charge on any atom is -0.268 e. The zero-order chi connectivity index (χ0) is 11.5. The number of aromatic nitrogens is 3. The summed E-state index contributed by atoms with van der Waals surface area (Å²) in [5.74, 6) is 0. The van der Waals surface area contributed by atoms with Crippen molar-refractivity contribution in [3.8, 4) is 0 Å². The fourth-order valence-electron chi connectivity index (χ4n) is 1.36. The molecule has 0 unspecified atom stereocenters. The lowest BCUT2D eigenvalue weighted by Gasteiger charge is -2.04. The molecule has 16 heavy (non-hydrogen) atoms. The molecule has 0 aliphatic rings. The lowest BCUT2D eigenvalue weighted by atomic mass is 10.3. The third kappa shape index (κ3) is 2.46. The van der Waals surface area contributed by atoms with Crippen LogP contribution in [0.1, 0.15) is 11.4 Å². The Hall–Kier alpha value is -1.68. The highest BCUT2D eigenvalue weighted by Gasteiger charge is 2.01. The van der Waals surface area contributed by atoms with E-state index in [0.29, 0.717) is 17.4 Å². The van der Waals surface area contributed by atoms with E-state index in [1.807, 2.05) is 13.0 Å². The Morgan fingerprint density at radius 3 is 2.88 bits per heavy atom. The number of rotatable bonds is 2. The minimum atomic E-state index is -0.146. The fraction of sp³-hybridized carbons (Fsp3) is 0.182. The van der Waals surface area contributed by atoms with E-state index < -0.39 is 0 Å². The van der Waals surface area contributed by atoms with E-state index in [0.717, 1.165) is 5.69 Å². The van der Waals surface area contributed by atoms with Gasteiger partial charge in [-0.3, -0.25) is 4.79 Å². The number of halogens is 1. The molecule has 0 atom stereocenters. The Kier molecular flexibility index (Phi) is 3.01. The Labute approximate surface area is 97.5 Å². The molecule has 0 radical (unpaired) electrons. The van der Waals surface area contributed by atoms with E-state index >= 15 is 0 Å². The first kappa shape index (κ1) is 10.8. The van der Waals surface area contributed by atoms with Crippen LogP contribution < -0.4 is 5.56 Å². The third-order valence-electron chi connectivity index (χ3n) is 2.08. The van der Waals surface area contributed by atoms with E-state index in [-0.39, 0.29) is 5.56 Å². The summed E-state index contributed by atoms with van der Waals surface area (Å²) in [4.78, 5) is 15.6. The molecule has 0 saturated heterocycles. The van der Waals surface area contributed by atoms with Crippen LogP contribution in [0, 0.1) is 6.92 Å². The van der Waals surface area contributed by atoms with Crippen LogP contribution in [0.3, 0.4) is 0 Å². The molecule has 0 N–H and O–H groups in total. The van der Waals surface area contributed by atoms with Gasteiger partial charge in [0.1, 0.15) is 5.15 Å². The Bertz CT molecular complexity index is 565. The minimum absolute atomic E-state index is 0.146. The van der Waals surface area contributed by atoms with Gasteiger partial charge in [-0.1, -0.05) is 17.7 Å². The van der Waals surface area contributed by atoms with Crippen molar-refractivity contribution >= 4 is 11.6 Å². The summed E-state index contributed by atoms with van der Waals surface area (Å²) < 4.78 is 1.37. The Balaban J connectivity index is 2.34. The first-order valence-corrected chi connectivity index (χ1v) is 5.19. The molecule has 5 heteroatoms. The van der Waals surface area contributed by atoms with Crippen LogP contribution >= 0.6 is 11.6 Å². The topological polar surface area (TPSA) is 47.8 Å². The van der Waals surface area contributed by atoms with Crippen LogP contribution in [-0.4, -0.2) is 14.8 Å². The van der Waals surface area contributed by atoms with Crippen LogP contribution in [0.4, 0.5) is 0 Å². The normalized spacial score (nSPS) is 10.4. The number of aryl methyl sites for hydroxylation is 1. The van der Waals surface area contributed by atoms with Crippen LogP contribution in [0.2, 0.25) is 5.15 Å². The van der Waals surface area contributed by atoms with Gasteiger partial charge in [0.15, 0.2) is 0 Å². The quantitative estimate of drug-likeness (QED) is 0.744. The molecule has 0 spiro atoms. The van der Waals surface area contributed by atoms with E-state index in [1.165, 1.54) is 10.7 Å². The summed E-state index contributed by atoms with van der Waals surface area (Å²) in [6.07, 6.45) is 0. The molecule has 82 valence electrons. The molecule has 2 heterocycles. The lowest BCUT2D eigenvalue weighted by molar-refractivity contribution is 0.618. The van der Waals surface area contributed by atoms with Gasteiger partial charge in [-0.2, -0.15) is 5.10 Å². The molecular weight excluding hydrogens is 226 g/mol. The maximum absolute atomic E-state index is 11.5. The van der Waals surface area contributed by atoms with E-state index in [2.05, 4.69) is 10.1 Å². The van der Waals surface area contributed by atoms with Gasteiger partial charge < -0.3 is 0 Å². The van der Waals surface area contributed by atoms with Gasteiger partial charge >= 0.3 is 0 Å². The molecular formula is C11H10ClN3O. The highest BCUT2D eigenvalue weighted by Crippen LogP contribution is 2.05. The molecule has 2 rings (SSSR count). The van der Waals surface area contributed by atoms with Crippen LogP contribution in [0.15, 0.2) is 35.1 Å². The number of hydrogen-bond acceptors (Lipinski definition) is 3. The maximum Gasteiger partial charge on any atom is 0.267 e. The van der Waals surface area contributed by atoms with Crippen molar-refractivity contribution in [1.29, 1.82) is 0 Å². The molecule has 0 fully saturated rings. The average Bonchev–Trinajstić information content (AvgIpc) is 2.24. The Morgan fingerprint density at radius 2 is 2.12 bits per heavy atom. The van der Waals surface area contributed by atoms with Crippen LogP contribution in [0.5, 0.6) is 0 Å².